The van der Waals surface area contributed by atoms with Crippen molar-refractivity contribution < 1.29 is 9.53 Å². The lowest BCUT2D eigenvalue weighted by atomic mass is 10.2. The molecule has 0 atom stereocenters. The van der Waals surface area contributed by atoms with Crippen LogP contribution < -0.4 is 9.64 Å². The second kappa shape index (κ2) is 7.34. The molecule has 3 nitrogen and oxygen atoms in total. The SMILES string of the molecule is CCN(CCC(=O)Oc1ccccc1)c1ccccc1. The highest BCUT2D eigenvalue weighted by Gasteiger charge is 2.09. The summed E-state index contributed by atoms with van der Waals surface area (Å²) in [5.74, 6) is 0.394. The van der Waals surface area contributed by atoms with Crippen LogP contribution in [0.25, 0.3) is 0 Å². The number of carbonyl (C=O) groups excluding carboxylic acids is 1. The zero-order valence-corrected chi connectivity index (χ0v) is 11.7. The van der Waals surface area contributed by atoms with Crippen molar-refractivity contribution >= 4 is 11.7 Å². The van der Waals surface area contributed by atoms with Gasteiger partial charge in [0.2, 0.25) is 0 Å². The molecule has 20 heavy (non-hydrogen) atoms. The highest BCUT2D eigenvalue weighted by Crippen LogP contribution is 2.14. The fourth-order valence-corrected chi connectivity index (χ4v) is 2.01. The van der Waals surface area contributed by atoms with E-state index < -0.39 is 0 Å². The van der Waals surface area contributed by atoms with E-state index in [2.05, 4.69) is 11.8 Å². The number of para-hydroxylation sites is 2. The molecule has 104 valence electrons. The summed E-state index contributed by atoms with van der Waals surface area (Å²) in [7, 11) is 0. The van der Waals surface area contributed by atoms with Crippen LogP contribution in [0, 0.1) is 0 Å². The first kappa shape index (κ1) is 14.1. The number of benzene rings is 2. The molecule has 0 aliphatic carbocycles. The fraction of sp³-hybridized carbons (Fsp3) is 0.235. The van der Waals surface area contributed by atoms with E-state index in [0.29, 0.717) is 18.7 Å². The van der Waals surface area contributed by atoms with E-state index in [9.17, 15) is 4.79 Å². The molecular formula is C17H19NO2. The maximum Gasteiger partial charge on any atom is 0.312 e. The van der Waals surface area contributed by atoms with Crippen LogP contribution in [0.15, 0.2) is 60.7 Å². The summed E-state index contributed by atoms with van der Waals surface area (Å²) >= 11 is 0. The third-order valence-corrected chi connectivity index (χ3v) is 3.06. The number of hydrogen-bond acceptors (Lipinski definition) is 3. The summed E-state index contributed by atoms with van der Waals surface area (Å²) in [5.41, 5.74) is 1.13. The summed E-state index contributed by atoms with van der Waals surface area (Å²) in [6.45, 7) is 3.60. The van der Waals surface area contributed by atoms with Gasteiger partial charge in [-0.05, 0) is 31.2 Å². The Morgan fingerprint density at radius 1 is 1.00 bits per heavy atom. The van der Waals surface area contributed by atoms with Gasteiger partial charge in [0.25, 0.3) is 0 Å². The van der Waals surface area contributed by atoms with Crippen molar-refractivity contribution in [1.29, 1.82) is 0 Å². The molecule has 0 saturated heterocycles. The fourth-order valence-electron chi connectivity index (χ4n) is 2.01. The summed E-state index contributed by atoms with van der Waals surface area (Å²) in [4.78, 5) is 14.0. The highest BCUT2D eigenvalue weighted by molar-refractivity contribution is 5.73. The summed E-state index contributed by atoms with van der Waals surface area (Å²) in [5, 5.41) is 0. The largest absolute Gasteiger partial charge is 0.426 e. The Balaban J connectivity index is 1.86. The zero-order valence-electron chi connectivity index (χ0n) is 11.7. The van der Waals surface area contributed by atoms with Crippen molar-refractivity contribution in [2.75, 3.05) is 18.0 Å². The van der Waals surface area contributed by atoms with Crippen molar-refractivity contribution in [3.05, 3.63) is 60.7 Å². The Bertz CT molecular complexity index is 525. The maximum atomic E-state index is 11.8. The molecule has 0 unspecified atom stereocenters. The van der Waals surface area contributed by atoms with Crippen LogP contribution in [-0.2, 0) is 4.79 Å². The molecule has 0 aliphatic rings. The normalized spacial score (nSPS) is 10.1. The Labute approximate surface area is 119 Å². The molecule has 0 N–H and O–H groups in total. The average molecular weight is 269 g/mol. The van der Waals surface area contributed by atoms with Gasteiger partial charge in [-0.15, -0.1) is 0 Å². The van der Waals surface area contributed by atoms with Gasteiger partial charge in [0, 0.05) is 18.8 Å². The highest BCUT2D eigenvalue weighted by atomic mass is 16.5. The van der Waals surface area contributed by atoms with E-state index in [0.717, 1.165) is 12.2 Å². The summed E-state index contributed by atoms with van der Waals surface area (Å²) in [6.07, 6.45) is 0.373. The van der Waals surface area contributed by atoms with Crippen molar-refractivity contribution in [2.24, 2.45) is 0 Å². The number of rotatable bonds is 6. The van der Waals surface area contributed by atoms with Gasteiger partial charge in [0.15, 0.2) is 0 Å². The van der Waals surface area contributed by atoms with E-state index in [4.69, 9.17) is 4.74 Å². The monoisotopic (exact) mass is 269 g/mol. The molecule has 0 bridgehead atoms. The first-order chi connectivity index (χ1) is 9.79. The molecule has 0 amide bonds. The lowest BCUT2D eigenvalue weighted by molar-refractivity contribution is -0.134. The molecule has 0 saturated carbocycles. The van der Waals surface area contributed by atoms with Crippen LogP contribution in [-0.4, -0.2) is 19.1 Å². The van der Waals surface area contributed by atoms with E-state index in [1.165, 1.54) is 0 Å². The van der Waals surface area contributed by atoms with Crippen molar-refractivity contribution in [3.8, 4) is 5.75 Å². The molecule has 0 radical (unpaired) electrons. The minimum atomic E-state index is -0.203. The molecule has 2 aromatic carbocycles. The van der Waals surface area contributed by atoms with Gasteiger partial charge < -0.3 is 9.64 Å². The number of nitrogens with zero attached hydrogens (tertiary/aromatic N) is 1. The number of ether oxygens (including phenoxy) is 1. The molecule has 0 heterocycles. The lowest BCUT2D eigenvalue weighted by Crippen LogP contribution is -2.26. The van der Waals surface area contributed by atoms with Crippen molar-refractivity contribution in [1.82, 2.24) is 0 Å². The Hall–Kier alpha value is -2.29. The predicted molar refractivity (Wildman–Crippen MR) is 81.0 cm³/mol. The quantitative estimate of drug-likeness (QED) is 0.593. The van der Waals surface area contributed by atoms with Crippen LogP contribution in [0.4, 0.5) is 5.69 Å². The lowest BCUT2D eigenvalue weighted by Gasteiger charge is -2.22. The topological polar surface area (TPSA) is 29.5 Å². The minimum absolute atomic E-state index is 0.203. The van der Waals surface area contributed by atoms with Gasteiger partial charge >= 0.3 is 5.97 Å². The van der Waals surface area contributed by atoms with E-state index >= 15 is 0 Å². The molecule has 2 rings (SSSR count). The molecule has 0 aromatic heterocycles. The molecule has 3 heteroatoms. The van der Waals surface area contributed by atoms with Crippen LogP contribution in [0.1, 0.15) is 13.3 Å². The maximum absolute atomic E-state index is 11.8. The van der Waals surface area contributed by atoms with Gasteiger partial charge in [-0.3, -0.25) is 4.79 Å². The van der Waals surface area contributed by atoms with Crippen LogP contribution in [0.3, 0.4) is 0 Å². The Morgan fingerprint density at radius 3 is 2.20 bits per heavy atom. The number of carbonyl (C=O) groups is 1. The first-order valence-corrected chi connectivity index (χ1v) is 6.85. The second-order valence-electron chi connectivity index (χ2n) is 4.45. The van der Waals surface area contributed by atoms with Gasteiger partial charge in [0.1, 0.15) is 5.75 Å². The second-order valence-corrected chi connectivity index (χ2v) is 4.45. The van der Waals surface area contributed by atoms with Crippen LogP contribution in [0.5, 0.6) is 5.75 Å². The molecule has 0 aliphatic heterocycles. The van der Waals surface area contributed by atoms with Gasteiger partial charge in [-0.2, -0.15) is 0 Å². The smallest absolute Gasteiger partial charge is 0.312 e. The third kappa shape index (κ3) is 4.12. The van der Waals surface area contributed by atoms with Gasteiger partial charge in [-0.1, -0.05) is 36.4 Å². The van der Waals surface area contributed by atoms with E-state index in [-0.39, 0.29) is 5.97 Å². The van der Waals surface area contributed by atoms with Crippen LogP contribution >= 0.6 is 0 Å². The van der Waals surface area contributed by atoms with Crippen molar-refractivity contribution in [3.63, 3.8) is 0 Å². The number of anilines is 1. The Kier molecular flexibility index (Phi) is 5.18. The van der Waals surface area contributed by atoms with Gasteiger partial charge in [-0.25, -0.2) is 0 Å². The molecular weight excluding hydrogens is 250 g/mol. The predicted octanol–water partition coefficient (Wildman–Crippen LogP) is 3.51. The van der Waals surface area contributed by atoms with Crippen LogP contribution in [0.2, 0.25) is 0 Å². The van der Waals surface area contributed by atoms with Crippen molar-refractivity contribution in [2.45, 2.75) is 13.3 Å². The standard InChI is InChI=1S/C17H19NO2/c1-2-18(15-9-5-3-6-10-15)14-13-17(19)20-16-11-7-4-8-12-16/h3-12H,2,13-14H2,1H3. The third-order valence-electron chi connectivity index (χ3n) is 3.06. The Morgan fingerprint density at radius 2 is 1.60 bits per heavy atom. The zero-order chi connectivity index (χ0) is 14.2. The molecule has 0 spiro atoms. The van der Waals surface area contributed by atoms with E-state index in [1.54, 1.807) is 12.1 Å². The summed E-state index contributed by atoms with van der Waals surface area (Å²) in [6, 6.07) is 19.3. The average Bonchev–Trinajstić information content (AvgIpc) is 2.50. The van der Waals surface area contributed by atoms with E-state index in [1.807, 2.05) is 48.5 Å². The number of esters is 1. The molecule has 2 aromatic rings. The number of hydrogen-bond donors (Lipinski definition) is 0. The molecule has 0 fully saturated rings. The first-order valence-electron chi connectivity index (χ1n) is 6.85. The van der Waals surface area contributed by atoms with Gasteiger partial charge in [0.05, 0.1) is 6.42 Å². The minimum Gasteiger partial charge on any atom is -0.426 e. The summed E-state index contributed by atoms with van der Waals surface area (Å²) < 4.78 is 5.28.